The SMILES string of the molecule is Clc1cccc(Cl)c1C1NNNN1. The lowest BCUT2D eigenvalue weighted by atomic mass is 10.2. The lowest BCUT2D eigenvalue weighted by molar-refractivity contribution is 0.555. The smallest absolute Gasteiger partial charge is 0.114 e. The first kappa shape index (κ1) is 9.21. The van der Waals surface area contributed by atoms with E-state index in [1.807, 2.05) is 6.07 Å². The summed E-state index contributed by atoms with van der Waals surface area (Å²) in [7, 11) is 0. The maximum atomic E-state index is 5.99. The molecule has 1 aliphatic heterocycles. The fourth-order valence-electron chi connectivity index (χ4n) is 1.18. The molecule has 0 spiro atoms. The molecule has 1 aliphatic rings. The average molecular weight is 219 g/mol. The molecule has 1 aromatic carbocycles. The van der Waals surface area contributed by atoms with Crippen molar-refractivity contribution in [3.05, 3.63) is 33.8 Å². The first-order valence-electron chi connectivity index (χ1n) is 3.74. The Balaban J connectivity index is 2.37. The van der Waals surface area contributed by atoms with E-state index in [1.165, 1.54) is 0 Å². The number of hydrazine groups is 3. The normalized spacial score (nSPS) is 18.0. The topological polar surface area (TPSA) is 48.1 Å². The van der Waals surface area contributed by atoms with E-state index in [0.717, 1.165) is 5.56 Å². The summed E-state index contributed by atoms with van der Waals surface area (Å²) in [6, 6.07) is 5.40. The third kappa shape index (κ3) is 1.78. The standard InChI is InChI=1S/C7H8Cl2N4/c8-4-2-1-3-5(9)6(4)7-10-12-13-11-7/h1-3,7,10-13H. The highest BCUT2D eigenvalue weighted by Crippen LogP contribution is 2.28. The summed E-state index contributed by atoms with van der Waals surface area (Å²) in [5.74, 6) is 0. The summed E-state index contributed by atoms with van der Waals surface area (Å²) in [5, 5.41) is 1.26. The van der Waals surface area contributed by atoms with Gasteiger partial charge in [0.2, 0.25) is 0 Å². The fraction of sp³-hybridized carbons (Fsp3) is 0.143. The van der Waals surface area contributed by atoms with Crippen molar-refractivity contribution in [2.24, 2.45) is 0 Å². The Labute approximate surface area is 85.5 Å². The minimum Gasteiger partial charge on any atom is -0.220 e. The summed E-state index contributed by atoms with van der Waals surface area (Å²) in [5.41, 5.74) is 12.0. The van der Waals surface area contributed by atoms with Crippen LogP contribution in [0.3, 0.4) is 0 Å². The molecule has 13 heavy (non-hydrogen) atoms. The third-order valence-corrected chi connectivity index (χ3v) is 2.44. The van der Waals surface area contributed by atoms with Crippen molar-refractivity contribution in [3.63, 3.8) is 0 Å². The van der Waals surface area contributed by atoms with Crippen LogP contribution in [0, 0.1) is 0 Å². The second-order valence-electron chi connectivity index (χ2n) is 2.61. The van der Waals surface area contributed by atoms with Crippen LogP contribution in [0.2, 0.25) is 10.0 Å². The summed E-state index contributed by atoms with van der Waals surface area (Å²) in [6.07, 6.45) is -0.124. The van der Waals surface area contributed by atoms with Gasteiger partial charge in [-0.25, -0.2) is 10.9 Å². The zero-order valence-corrected chi connectivity index (χ0v) is 8.08. The molecule has 4 N–H and O–H groups in total. The second-order valence-corrected chi connectivity index (χ2v) is 3.42. The van der Waals surface area contributed by atoms with Crippen LogP contribution in [0.4, 0.5) is 0 Å². The van der Waals surface area contributed by atoms with Gasteiger partial charge in [-0.1, -0.05) is 29.3 Å². The number of benzene rings is 1. The molecule has 1 heterocycles. The Morgan fingerprint density at radius 2 is 1.54 bits per heavy atom. The van der Waals surface area contributed by atoms with Crippen LogP contribution in [0.1, 0.15) is 11.7 Å². The molecule has 0 atom stereocenters. The maximum absolute atomic E-state index is 5.99. The van der Waals surface area contributed by atoms with Gasteiger partial charge in [-0.2, -0.15) is 11.1 Å². The van der Waals surface area contributed by atoms with Crippen LogP contribution in [0.5, 0.6) is 0 Å². The molecule has 4 nitrogen and oxygen atoms in total. The number of hydrogen-bond acceptors (Lipinski definition) is 4. The molecule has 0 bridgehead atoms. The highest BCUT2D eigenvalue weighted by atomic mass is 35.5. The fourth-order valence-corrected chi connectivity index (χ4v) is 1.80. The van der Waals surface area contributed by atoms with E-state index < -0.39 is 0 Å². The van der Waals surface area contributed by atoms with Gasteiger partial charge in [0.15, 0.2) is 0 Å². The van der Waals surface area contributed by atoms with Crippen molar-refractivity contribution in [3.8, 4) is 0 Å². The summed E-state index contributed by atoms with van der Waals surface area (Å²) in [4.78, 5) is 0. The Hall–Kier alpha value is -0.360. The van der Waals surface area contributed by atoms with Gasteiger partial charge in [0.1, 0.15) is 6.17 Å². The first-order valence-corrected chi connectivity index (χ1v) is 4.49. The second kappa shape index (κ2) is 3.79. The van der Waals surface area contributed by atoms with Gasteiger partial charge >= 0.3 is 0 Å². The van der Waals surface area contributed by atoms with Gasteiger partial charge < -0.3 is 0 Å². The molecule has 0 saturated carbocycles. The molecular formula is C7H8Cl2N4. The predicted molar refractivity (Wildman–Crippen MR) is 51.7 cm³/mol. The molecule has 1 saturated heterocycles. The van der Waals surface area contributed by atoms with E-state index in [9.17, 15) is 0 Å². The van der Waals surface area contributed by atoms with Crippen LogP contribution < -0.4 is 21.9 Å². The van der Waals surface area contributed by atoms with Crippen molar-refractivity contribution < 1.29 is 0 Å². The Morgan fingerprint density at radius 3 is 2.08 bits per heavy atom. The number of halogens is 2. The van der Waals surface area contributed by atoms with Gasteiger partial charge in [0.25, 0.3) is 0 Å². The monoisotopic (exact) mass is 218 g/mol. The molecule has 0 unspecified atom stereocenters. The zero-order valence-electron chi connectivity index (χ0n) is 6.57. The lowest BCUT2D eigenvalue weighted by Crippen LogP contribution is -2.33. The predicted octanol–water partition coefficient (Wildman–Crippen LogP) is 1.11. The average Bonchev–Trinajstić information content (AvgIpc) is 2.57. The van der Waals surface area contributed by atoms with Crippen molar-refractivity contribution >= 4 is 23.2 Å². The molecule has 2 rings (SSSR count). The molecule has 0 radical (unpaired) electrons. The van der Waals surface area contributed by atoms with Crippen LogP contribution in [0.15, 0.2) is 18.2 Å². The summed E-state index contributed by atoms with van der Waals surface area (Å²) < 4.78 is 0. The largest absolute Gasteiger partial charge is 0.220 e. The van der Waals surface area contributed by atoms with Gasteiger partial charge in [-0.3, -0.25) is 0 Å². The van der Waals surface area contributed by atoms with Crippen molar-refractivity contribution in [1.82, 2.24) is 21.9 Å². The van der Waals surface area contributed by atoms with Crippen molar-refractivity contribution in [2.75, 3.05) is 0 Å². The Bertz CT molecular complexity index is 291. The molecule has 0 aromatic heterocycles. The molecule has 0 amide bonds. The minimum atomic E-state index is -0.124. The maximum Gasteiger partial charge on any atom is 0.114 e. The van der Waals surface area contributed by atoms with E-state index >= 15 is 0 Å². The number of nitrogens with one attached hydrogen (secondary N) is 4. The van der Waals surface area contributed by atoms with E-state index in [4.69, 9.17) is 23.2 Å². The highest BCUT2D eigenvalue weighted by Gasteiger charge is 2.20. The van der Waals surface area contributed by atoms with Gasteiger partial charge in [-0.05, 0) is 12.1 Å². The van der Waals surface area contributed by atoms with Crippen LogP contribution in [0.25, 0.3) is 0 Å². The number of rotatable bonds is 1. The zero-order chi connectivity index (χ0) is 9.26. The minimum absolute atomic E-state index is 0.124. The van der Waals surface area contributed by atoms with Crippen molar-refractivity contribution in [2.45, 2.75) is 6.17 Å². The molecule has 1 aromatic rings. The van der Waals surface area contributed by atoms with E-state index in [0.29, 0.717) is 10.0 Å². The van der Waals surface area contributed by atoms with Gasteiger partial charge in [0.05, 0.1) is 0 Å². The van der Waals surface area contributed by atoms with E-state index in [1.54, 1.807) is 12.1 Å². The Morgan fingerprint density at radius 1 is 1.00 bits per heavy atom. The van der Waals surface area contributed by atoms with Crippen LogP contribution in [-0.4, -0.2) is 0 Å². The number of hydrogen-bond donors (Lipinski definition) is 4. The van der Waals surface area contributed by atoms with Gasteiger partial charge in [0, 0.05) is 15.6 Å². The molecule has 70 valence electrons. The summed E-state index contributed by atoms with van der Waals surface area (Å²) in [6.45, 7) is 0. The quantitative estimate of drug-likeness (QED) is 0.571. The van der Waals surface area contributed by atoms with E-state index in [2.05, 4.69) is 21.9 Å². The molecule has 1 fully saturated rings. The summed E-state index contributed by atoms with van der Waals surface area (Å²) >= 11 is 12.0. The molecular weight excluding hydrogens is 211 g/mol. The first-order chi connectivity index (χ1) is 6.29. The van der Waals surface area contributed by atoms with Crippen molar-refractivity contribution in [1.29, 1.82) is 0 Å². The lowest BCUT2D eigenvalue weighted by Gasteiger charge is -2.12. The van der Waals surface area contributed by atoms with E-state index in [-0.39, 0.29) is 6.17 Å². The molecule has 0 aliphatic carbocycles. The highest BCUT2D eigenvalue weighted by molar-refractivity contribution is 6.36. The van der Waals surface area contributed by atoms with Crippen LogP contribution >= 0.6 is 23.2 Å². The molecule has 6 heteroatoms. The third-order valence-electron chi connectivity index (χ3n) is 1.78. The Kier molecular flexibility index (Phi) is 2.69. The van der Waals surface area contributed by atoms with Gasteiger partial charge in [-0.15, -0.1) is 0 Å². The van der Waals surface area contributed by atoms with Crippen LogP contribution in [-0.2, 0) is 0 Å².